The Hall–Kier alpha value is -3.19. The van der Waals surface area contributed by atoms with Crippen LogP contribution < -0.4 is 0 Å². The number of nitrogens with zero attached hydrogens (tertiary/aromatic N) is 2. The highest BCUT2D eigenvalue weighted by molar-refractivity contribution is 6.46. The Morgan fingerprint density at radius 1 is 1.19 bits per heavy atom. The molecule has 1 atom stereocenters. The van der Waals surface area contributed by atoms with Crippen LogP contribution in [0.25, 0.3) is 5.76 Å². The molecule has 0 saturated carbocycles. The number of hydrogen-bond acceptors (Lipinski definition) is 5. The Bertz CT molecular complexity index is 952. The standard InChI is InChI=1S/C18H13ClN2O5/c1-20-15(11-3-2-4-13(9-11)21(25)26)14(17(23)18(20)24)16(22)10-5-7-12(19)8-6-10/h2-9,15,22H,1H3/b16-14-/t15-/m1/s1. The third kappa shape index (κ3) is 2.93. The Labute approximate surface area is 153 Å². The van der Waals surface area contributed by atoms with Gasteiger partial charge in [0.15, 0.2) is 0 Å². The maximum atomic E-state index is 12.4. The molecule has 0 aromatic heterocycles. The summed E-state index contributed by atoms with van der Waals surface area (Å²) in [5.41, 5.74) is 0.376. The van der Waals surface area contributed by atoms with Crippen LogP contribution in [0.4, 0.5) is 5.69 Å². The van der Waals surface area contributed by atoms with Crippen molar-refractivity contribution in [2.45, 2.75) is 6.04 Å². The third-order valence-corrected chi connectivity index (χ3v) is 4.44. The number of carbonyl (C=O) groups excluding carboxylic acids is 2. The zero-order valence-electron chi connectivity index (χ0n) is 13.5. The third-order valence-electron chi connectivity index (χ3n) is 4.19. The zero-order chi connectivity index (χ0) is 19.0. The number of nitro benzene ring substituents is 1. The number of non-ortho nitro benzene ring substituents is 1. The molecule has 8 heteroatoms. The van der Waals surface area contributed by atoms with Crippen molar-refractivity contribution in [3.05, 3.63) is 80.4 Å². The van der Waals surface area contributed by atoms with Crippen molar-refractivity contribution in [1.82, 2.24) is 4.90 Å². The molecule has 26 heavy (non-hydrogen) atoms. The molecular weight excluding hydrogens is 360 g/mol. The predicted octanol–water partition coefficient (Wildman–Crippen LogP) is 3.30. The number of aliphatic hydroxyl groups excluding tert-OH is 1. The van der Waals surface area contributed by atoms with Crippen LogP contribution in [-0.2, 0) is 9.59 Å². The lowest BCUT2D eigenvalue weighted by atomic mass is 9.95. The minimum Gasteiger partial charge on any atom is -0.507 e. The molecule has 0 radical (unpaired) electrons. The minimum atomic E-state index is -0.925. The van der Waals surface area contributed by atoms with E-state index in [0.29, 0.717) is 16.1 Å². The van der Waals surface area contributed by atoms with Crippen LogP contribution in [-0.4, -0.2) is 33.7 Å². The summed E-state index contributed by atoms with van der Waals surface area (Å²) in [6.07, 6.45) is 0. The number of carbonyl (C=O) groups is 2. The number of nitro groups is 1. The predicted molar refractivity (Wildman–Crippen MR) is 94.6 cm³/mol. The van der Waals surface area contributed by atoms with Gasteiger partial charge in [-0.25, -0.2) is 0 Å². The second kappa shape index (κ2) is 6.61. The molecule has 1 saturated heterocycles. The lowest BCUT2D eigenvalue weighted by molar-refractivity contribution is -0.384. The van der Waals surface area contributed by atoms with Crippen molar-refractivity contribution < 1.29 is 19.6 Å². The molecule has 0 spiro atoms. The van der Waals surface area contributed by atoms with Crippen molar-refractivity contribution in [3.8, 4) is 0 Å². The van der Waals surface area contributed by atoms with E-state index in [2.05, 4.69) is 0 Å². The van der Waals surface area contributed by atoms with Crippen LogP contribution in [0.2, 0.25) is 5.02 Å². The highest BCUT2D eigenvalue weighted by Crippen LogP contribution is 2.39. The van der Waals surface area contributed by atoms with Crippen molar-refractivity contribution in [1.29, 1.82) is 0 Å². The summed E-state index contributed by atoms with van der Waals surface area (Å²) >= 11 is 5.83. The van der Waals surface area contributed by atoms with Crippen molar-refractivity contribution >= 4 is 34.7 Å². The summed E-state index contributed by atoms with van der Waals surface area (Å²) in [6, 6.07) is 10.8. The fourth-order valence-corrected chi connectivity index (χ4v) is 3.04. The number of likely N-dealkylation sites (N-methyl/N-ethyl adjacent to an activating group) is 1. The molecule has 0 bridgehead atoms. The minimum absolute atomic E-state index is 0.125. The summed E-state index contributed by atoms with van der Waals surface area (Å²) < 4.78 is 0. The van der Waals surface area contributed by atoms with E-state index in [9.17, 15) is 24.8 Å². The number of aliphatic hydroxyl groups is 1. The van der Waals surface area contributed by atoms with E-state index in [1.165, 1.54) is 37.4 Å². The smallest absolute Gasteiger partial charge is 0.295 e. The molecule has 1 aliphatic rings. The molecule has 1 N–H and O–H groups in total. The van der Waals surface area contributed by atoms with Crippen molar-refractivity contribution in [3.63, 3.8) is 0 Å². The lowest BCUT2D eigenvalue weighted by Gasteiger charge is -2.20. The Morgan fingerprint density at radius 2 is 1.85 bits per heavy atom. The summed E-state index contributed by atoms with van der Waals surface area (Å²) in [6.45, 7) is 0. The highest BCUT2D eigenvalue weighted by Gasteiger charge is 2.44. The molecule has 3 rings (SSSR count). The number of halogens is 1. The van der Waals surface area contributed by atoms with Crippen LogP contribution in [0.5, 0.6) is 0 Å². The van der Waals surface area contributed by atoms with E-state index in [1.54, 1.807) is 18.2 Å². The molecule has 1 aliphatic heterocycles. The van der Waals surface area contributed by atoms with Crippen LogP contribution in [0.1, 0.15) is 17.2 Å². The van der Waals surface area contributed by atoms with Gasteiger partial charge in [-0.2, -0.15) is 0 Å². The molecular formula is C18H13ClN2O5. The van der Waals surface area contributed by atoms with Gasteiger partial charge in [-0.1, -0.05) is 23.7 Å². The van der Waals surface area contributed by atoms with Gasteiger partial charge in [0.25, 0.3) is 17.4 Å². The van der Waals surface area contributed by atoms with Gasteiger partial charge in [-0.05, 0) is 29.8 Å². The van der Waals surface area contributed by atoms with Crippen molar-refractivity contribution in [2.75, 3.05) is 7.05 Å². The molecule has 2 aromatic carbocycles. The number of ketones is 1. The number of Topliss-reactive ketones (excluding diaryl/α,β-unsaturated/α-hetero) is 1. The number of rotatable bonds is 3. The second-order valence-electron chi connectivity index (χ2n) is 5.77. The van der Waals surface area contributed by atoms with Crippen molar-refractivity contribution in [2.24, 2.45) is 0 Å². The molecule has 1 amide bonds. The summed E-state index contributed by atoms with van der Waals surface area (Å²) in [5.74, 6) is -2.01. The van der Waals surface area contributed by atoms with E-state index in [-0.39, 0.29) is 17.0 Å². The van der Waals surface area contributed by atoms with Crippen LogP contribution in [0.3, 0.4) is 0 Å². The fourth-order valence-electron chi connectivity index (χ4n) is 2.91. The topological polar surface area (TPSA) is 101 Å². The van der Waals surface area contributed by atoms with Gasteiger partial charge in [0.05, 0.1) is 16.5 Å². The van der Waals surface area contributed by atoms with Crippen LogP contribution >= 0.6 is 11.6 Å². The highest BCUT2D eigenvalue weighted by atomic mass is 35.5. The first-order valence-electron chi connectivity index (χ1n) is 7.56. The normalized spacial score (nSPS) is 19.0. The van der Waals surface area contributed by atoms with Gasteiger partial charge < -0.3 is 10.0 Å². The molecule has 132 valence electrons. The van der Waals surface area contributed by atoms with E-state index < -0.39 is 22.7 Å². The second-order valence-corrected chi connectivity index (χ2v) is 6.21. The van der Waals surface area contributed by atoms with Gasteiger partial charge in [0.1, 0.15) is 5.76 Å². The first kappa shape index (κ1) is 17.6. The first-order chi connectivity index (χ1) is 12.3. The summed E-state index contributed by atoms with van der Waals surface area (Å²) in [4.78, 5) is 36.2. The van der Waals surface area contributed by atoms with E-state index in [1.807, 2.05) is 0 Å². The summed E-state index contributed by atoms with van der Waals surface area (Å²) in [7, 11) is 1.41. The van der Waals surface area contributed by atoms with Gasteiger partial charge in [0.2, 0.25) is 0 Å². The molecule has 7 nitrogen and oxygen atoms in total. The van der Waals surface area contributed by atoms with Gasteiger partial charge in [-0.3, -0.25) is 19.7 Å². The fraction of sp³-hybridized carbons (Fsp3) is 0.111. The number of likely N-dealkylation sites (tertiary alicyclic amines) is 1. The van der Waals surface area contributed by atoms with Crippen LogP contribution in [0.15, 0.2) is 54.1 Å². The SMILES string of the molecule is CN1C(=O)C(=O)/C(=C(\O)c2ccc(Cl)cc2)[C@H]1c1cccc([N+](=O)[O-])c1. The number of benzene rings is 2. The van der Waals surface area contributed by atoms with E-state index >= 15 is 0 Å². The average molecular weight is 373 g/mol. The summed E-state index contributed by atoms with van der Waals surface area (Å²) in [5, 5.41) is 22.1. The maximum absolute atomic E-state index is 12.4. The monoisotopic (exact) mass is 372 g/mol. The van der Waals surface area contributed by atoms with Gasteiger partial charge in [-0.15, -0.1) is 0 Å². The molecule has 1 heterocycles. The zero-order valence-corrected chi connectivity index (χ0v) is 14.3. The first-order valence-corrected chi connectivity index (χ1v) is 7.94. The Morgan fingerprint density at radius 3 is 2.46 bits per heavy atom. The molecule has 0 aliphatic carbocycles. The number of amides is 1. The van der Waals surface area contributed by atoms with Gasteiger partial charge in [0, 0.05) is 29.8 Å². The van der Waals surface area contributed by atoms with E-state index in [0.717, 1.165) is 4.90 Å². The molecule has 0 unspecified atom stereocenters. The van der Waals surface area contributed by atoms with Gasteiger partial charge >= 0.3 is 0 Å². The molecule has 2 aromatic rings. The quantitative estimate of drug-likeness (QED) is 0.293. The van der Waals surface area contributed by atoms with E-state index in [4.69, 9.17) is 11.6 Å². The largest absolute Gasteiger partial charge is 0.507 e. The maximum Gasteiger partial charge on any atom is 0.295 e. The molecule has 1 fully saturated rings. The number of hydrogen-bond donors (Lipinski definition) is 1. The van der Waals surface area contributed by atoms with Crippen LogP contribution in [0, 0.1) is 10.1 Å². The lowest BCUT2D eigenvalue weighted by Crippen LogP contribution is -2.24. The average Bonchev–Trinajstić information content (AvgIpc) is 2.86. The Balaban J connectivity index is 2.18. The Kier molecular flexibility index (Phi) is 4.48.